The number of hydrogen-bond donors (Lipinski definition) is 2. The summed E-state index contributed by atoms with van der Waals surface area (Å²) in [6, 6.07) is 3.96. The summed E-state index contributed by atoms with van der Waals surface area (Å²) in [6.45, 7) is 4.90. The molecule has 1 fully saturated rings. The van der Waals surface area contributed by atoms with Crippen LogP contribution in [0.5, 0.6) is 0 Å². The zero-order chi connectivity index (χ0) is 13.2. The van der Waals surface area contributed by atoms with Gasteiger partial charge in [0.15, 0.2) is 0 Å². The van der Waals surface area contributed by atoms with Crippen molar-refractivity contribution in [2.45, 2.75) is 38.3 Å². The van der Waals surface area contributed by atoms with Gasteiger partial charge in [-0.25, -0.2) is 4.98 Å². The summed E-state index contributed by atoms with van der Waals surface area (Å²) in [5.74, 6) is 0.650. The number of nitrogens with zero attached hydrogens (tertiary/aromatic N) is 2. The quantitative estimate of drug-likeness (QED) is 0.832. The van der Waals surface area contributed by atoms with Crippen molar-refractivity contribution in [2.24, 2.45) is 0 Å². The Morgan fingerprint density at radius 1 is 1.61 bits per heavy atom. The summed E-state index contributed by atoms with van der Waals surface area (Å²) in [5.41, 5.74) is 6.75. The molecule has 0 radical (unpaired) electrons. The third-order valence-corrected chi connectivity index (χ3v) is 3.08. The molecule has 0 aromatic carbocycles. The minimum atomic E-state index is -0.114. The predicted octanol–water partition coefficient (Wildman–Crippen LogP) is 1.90. The van der Waals surface area contributed by atoms with E-state index in [9.17, 15) is 0 Å². The summed E-state index contributed by atoms with van der Waals surface area (Å²) < 4.78 is 5.67. The van der Waals surface area contributed by atoms with Crippen molar-refractivity contribution in [1.82, 2.24) is 4.98 Å². The van der Waals surface area contributed by atoms with Crippen LogP contribution in [-0.4, -0.2) is 23.2 Å². The Labute approximate surface area is 107 Å². The molecule has 0 bridgehead atoms. The minimum absolute atomic E-state index is 0.114. The van der Waals surface area contributed by atoms with Crippen LogP contribution in [0, 0.1) is 11.3 Å². The number of anilines is 2. The smallest absolute Gasteiger partial charge is 0.149 e. The average Bonchev–Trinajstić information content (AvgIpc) is 2.30. The van der Waals surface area contributed by atoms with E-state index >= 15 is 0 Å². The number of rotatable bonds is 2. The van der Waals surface area contributed by atoms with E-state index in [2.05, 4.69) is 24.1 Å². The molecule has 1 saturated heterocycles. The second-order valence-electron chi connectivity index (χ2n) is 5.22. The number of nitrogens with one attached hydrogen (secondary N) is 1. The molecule has 2 rings (SSSR count). The third kappa shape index (κ3) is 2.90. The van der Waals surface area contributed by atoms with Gasteiger partial charge in [-0.1, -0.05) is 0 Å². The lowest BCUT2D eigenvalue weighted by Gasteiger charge is -2.36. The van der Waals surface area contributed by atoms with Gasteiger partial charge in [0.05, 0.1) is 16.9 Å². The zero-order valence-electron chi connectivity index (χ0n) is 10.7. The Balaban J connectivity index is 2.08. The number of nitriles is 1. The maximum absolute atomic E-state index is 8.76. The first-order chi connectivity index (χ1) is 8.50. The summed E-state index contributed by atoms with van der Waals surface area (Å²) in [4.78, 5) is 4.19. The van der Waals surface area contributed by atoms with Crippen molar-refractivity contribution < 1.29 is 4.74 Å². The molecule has 0 aliphatic carbocycles. The molecular weight excluding hydrogens is 228 g/mol. The molecule has 96 valence electrons. The summed E-state index contributed by atoms with van der Waals surface area (Å²) in [5, 5.41) is 12.1. The van der Waals surface area contributed by atoms with Crippen LogP contribution in [0.4, 0.5) is 11.5 Å². The number of nitrogen functional groups attached to an aromatic ring is 1. The van der Waals surface area contributed by atoms with Crippen molar-refractivity contribution >= 4 is 11.5 Å². The molecule has 18 heavy (non-hydrogen) atoms. The van der Waals surface area contributed by atoms with Crippen LogP contribution in [0.1, 0.15) is 32.3 Å². The molecule has 0 saturated carbocycles. The Kier molecular flexibility index (Phi) is 3.39. The summed E-state index contributed by atoms with van der Waals surface area (Å²) >= 11 is 0. The lowest BCUT2D eigenvalue weighted by molar-refractivity contribution is -0.0553. The third-order valence-electron chi connectivity index (χ3n) is 3.08. The highest BCUT2D eigenvalue weighted by Crippen LogP contribution is 2.27. The summed E-state index contributed by atoms with van der Waals surface area (Å²) in [7, 11) is 0. The van der Waals surface area contributed by atoms with Gasteiger partial charge in [0.25, 0.3) is 0 Å². The second-order valence-corrected chi connectivity index (χ2v) is 5.22. The van der Waals surface area contributed by atoms with Crippen LogP contribution in [0.3, 0.4) is 0 Å². The molecule has 3 N–H and O–H groups in total. The zero-order valence-corrected chi connectivity index (χ0v) is 10.7. The fourth-order valence-corrected chi connectivity index (χ4v) is 2.21. The Bertz CT molecular complexity index is 478. The molecule has 0 amide bonds. The van der Waals surface area contributed by atoms with Gasteiger partial charge in [0.1, 0.15) is 11.9 Å². The Hall–Kier alpha value is -1.80. The SMILES string of the molecule is CC1(C)CC(Nc2ncc(C#N)cc2N)CCO1. The monoisotopic (exact) mass is 246 g/mol. The lowest BCUT2D eigenvalue weighted by atomic mass is 9.94. The first kappa shape index (κ1) is 12.7. The Morgan fingerprint density at radius 2 is 2.39 bits per heavy atom. The van der Waals surface area contributed by atoms with Crippen LogP contribution < -0.4 is 11.1 Å². The molecule has 1 aliphatic rings. The van der Waals surface area contributed by atoms with Crippen LogP contribution in [-0.2, 0) is 4.74 Å². The topological polar surface area (TPSA) is 84.0 Å². The second kappa shape index (κ2) is 4.83. The highest BCUT2D eigenvalue weighted by Gasteiger charge is 2.29. The predicted molar refractivity (Wildman–Crippen MR) is 70.0 cm³/mol. The molecule has 1 aliphatic heterocycles. The van der Waals surface area contributed by atoms with Crippen molar-refractivity contribution in [3.8, 4) is 6.07 Å². The van der Waals surface area contributed by atoms with Gasteiger partial charge in [-0.3, -0.25) is 0 Å². The molecule has 2 heterocycles. The number of pyridine rings is 1. The lowest BCUT2D eigenvalue weighted by Crippen LogP contribution is -2.40. The van der Waals surface area contributed by atoms with Gasteiger partial charge in [-0.15, -0.1) is 0 Å². The first-order valence-corrected chi connectivity index (χ1v) is 6.06. The van der Waals surface area contributed by atoms with E-state index in [4.69, 9.17) is 15.7 Å². The van der Waals surface area contributed by atoms with Crippen molar-refractivity contribution in [1.29, 1.82) is 5.26 Å². The van der Waals surface area contributed by atoms with Crippen molar-refractivity contribution in [2.75, 3.05) is 17.7 Å². The molecule has 5 nitrogen and oxygen atoms in total. The number of aromatic nitrogens is 1. The van der Waals surface area contributed by atoms with Gasteiger partial charge in [0, 0.05) is 18.8 Å². The van der Waals surface area contributed by atoms with E-state index in [1.54, 1.807) is 6.07 Å². The molecule has 1 aromatic heterocycles. The van der Waals surface area contributed by atoms with Gasteiger partial charge < -0.3 is 15.8 Å². The number of ether oxygens (including phenoxy) is 1. The molecule has 0 spiro atoms. The minimum Gasteiger partial charge on any atom is -0.396 e. The maximum Gasteiger partial charge on any atom is 0.149 e. The summed E-state index contributed by atoms with van der Waals surface area (Å²) in [6.07, 6.45) is 3.38. The molecule has 1 aromatic rings. The van der Waals surface area contributed by atoms with Crippen LogP contribution in [0.15, 0.2) is 12.3 Å². The number of hydrogen-bond acceptors (Lipinski definition) is 5. The highest BCUT2D eigenvalue weighted by atomic mass is 16.5. The normalized spacial score (nSPS) is 22.2. The van der Waals surface area contributed by atoms with E-state index < -0.39 is 0 Å². The number of nitrogens with two attached hydrogens (primary N) is 1. The van der Waals surface area contributed by atoms with E-state index in [1.807, 2.05) is 6.07 Å². The molecule has 1 atom stereocenters. The molecule has 5 heteroatoms. The highest BCUT2D eigenvalue weighted by molar-refractivity contribution is 5.63. The maximum atomic E-state index is 8.76. The molecule has 1 unspecified atom stereocenters. The fourth-order valence-electron chi connectivity index (χ4n) is 2.21. The first-order valence-electron chi connectivity index (χ1n) is 6.06. The van der Waals surface area contributed by atoms with Gasteiger partial charge in [-0.05, 0) is 32.8 Å². The van der Waals surface area contributed by atoms with Crippen LogP contribution in [0.25, 0.3) is 0 Å². The van der Waals surface area contributed by atoms with Gasteiger partial charge >= 0.3 is 0 Å². The van der Waals surface area contributed by atoms with Crippen LogP contribution in [0.2, 0.25) is 0 Å². The average molecular weight is 246 g/mol. The Morgan fingerprint density at radius 3 is 3.00 bits per heavy atom. The van der Waals surface area contributed by atoms with Crippen molar-refractivity contribution in [3.63, 3.8) is 0 Å². The molecular formula is C13H18N4O. The van der Waals surface area contributed by atoms with Gasteiger partial charge in [0.2, 0.25) is 0 Å². The largest absolute Gasteiger partial charge is 0.396 e. The van der Waals surface area contributed by atoms with E-state index in [0.29, 0.717) is 23.1 Å². The standard InChI is InChI=1S/C13H18N4O/c1-13(2)6-10(3-4-18-13)17-12-11(15)5-9(7-14)8-16-12/h5,8,10H,3-4,6,15H2,1-2H3,(H,16,17). The van der Waals surface area contributed by atoms with E-state index in [-0.39, 0.29) is 5.60 Å². The fraction of sp³-hybridized carbons (Fsp3) is 0.538. The van der Waals surface area contributed by atoms with E-state index in [0.717, 1.165) is 19.4 Å². The van der Waals surface area contributed by atoms with E-state index in [1.165, 1.54) is 6.20 Å². The van der Waals surface area contributed by atoms with Gasteiger partial charge in [-0.2, -0.15) is 5.26 Å². The van der Waals surface area contributed by atoms with Crippen LogP contribution >= 0.6 is 0 Å². The van der Waals surface area contributed by atoms with Crippen molar-refractivity contribution in [3.05, 3.63) is 17.8 Å².